The van der Waals surface area contributed by atoms with Crippen molar-refractivity contribution in [3.63, 3.8) is 0 Å². The van der Waals surface area contributed by atoms with Gasteiger partial charge in [0, 0.05) is 20.1 Å². The van der Waals surface area contributed by atoms with Crippen molar-refractivity contribution in [2.24, 2.45) is 5.92 Å². The van der Waals surface area contributed by atoms with Crippen LogP contribution in [0.1, 0.15) is 32.1 Å². The third-order valence-electron chi connectivity index (χ3n) is 4.15. The molecule has 1 N–H and O–H groups in total. The van der Waals surface area contributed by atoms with Gasteiger partial charge >= 0.3 is 0 Å². The van der Waals surface area contributed by atoms with Crippen LogP contribution in [-0.2, 0) is 20.0 Å². The summed E-state index contributed by atoms with van der Waals surface area (Å²) < 4.78 is 52.5. The number of nitrogens with one attached hydrogen (secondary N) is 1. The van der Waals surface area contributed by atoms with E-state index in [1.165, 1.54) is 19.5 Å². The average molecular weight is 381 g/mol. The molecule has 0 saturated heterocycles. The summed E-state index contributed by atoms with van der Waals surface area (Å²) in [5.41, 5.74) is 0. The molecule has 1 aromatic heterocycles. The summed E-state index contributed by atoms with van der Waals surface area (Å²) in [7, 11) is -5.64. The molecule has 1 aliphatic carbocycles. The van der Waals surface area contributed by atoms with Crippen LogP contribution in [0.25, 0.3) is 0 Å². The molecule has 6 nitrogen and oxygen atoms in total. The predicted octanol–water partition coefficient (Wildman–Crippen LogP) is 1.87. The molecule has 0 amide bonds. The number of sulfonamides is 2. The summed E-state index contributed by atoms with van der Waals surface area (Å²) in [6.07, 6.45) is 5.68. The minimum atomic E-state index is -3.59. The lowest BCUT2D eigenvalue weighted by atomic mass is 9.90. The molecule has 1 fully saturated rings. The van der Waals surface area contributed by atoms with Gasteiger partial charge in [0.1, 0.15) is 4.21 Å². The van der Waals surface area contributed by atoms with Crippen LogP contribution in [0, 0.1) is 5.92 Å². The van der Waals surface area contributed by atoms with E-state index in [0.717, 1.165) is 41.3 Å². The molecule has 0 radical (unpaired) electrons. The largest absolute Gasteiger partial charge is 0.252 e. The van der Waals surface area contributed by atoms with Crippen molar-refractivity contribution < 1.29 is 16.8 Å². The molecule has 23 heavy (non-hydrogen) atoms. The monoisotopic (exact) mass is 380 g/mol. The summed E-state index contributed by atoms with van der Waals surface area (Å²) in [4.78, 5) is 0. The van der Waals surface area contributed by atoms with Crippen LogP contribution < -0.4 is 4.72 Å². The number of nitrogens with zero attached hydrogens (tertiary/aromatic N) is 1. The maximum Gasteiger partial charge on any atom is 0.252 e. The molecule has 2 rings (SSSR count). The maximum atomic E-state index is 12.2. The first kappa shape index (κ1) is 18.9. The summed E-state index contributed by atoms with van der Waals surface area (Å²) in [6, 6.07) is 3.18. The molecule has 9 heteroatoms. The van der Waals surface area contributed by atoms with Crippen molar-refractivity contribution in [2.45, 2.75) is 36.3 Å². The zero-order valence-corrected chi connectivity index (χ0v) is 15.7. The van der Waals surface area contributed by atoms with Crippen molar-refractivity contribution in [3.05, 3.63) is 17.5 Å². The van der Waals surface area contributed by atoms with E-state index in [0.29, 0.717) is 12.5 Å². The van der Waals surface area contributed by atoms with Crippen molar-refractivity contribution in [2.75, 3.05) is 25.9 Å². The van der Waals surface area contributed by atoms with Crippen molar-refractivity contribution in [1.29, 1.82) is 0 Å². The van der Waals surface area contributed by atoms with Crippen LogP contribution in [0.15, 0.2) is 21.7 Å². The van der Waals surface area contributed by atoms with Crippen LogP contribution in [-0.4, -0.2) is 47.0 Å². The lowest BCUT2D eigenvalue weighted by Crippen LogP contribution is -2.37. The Kier molecular flexibility index (Phi) is 6.61. The standard InChI is InChI=1S/C14H24N2O4S3/c1-16(23(19,20)14-8-5-10-21-14)9-11-22(17,18)15-12-13-6-3-2-4-7-13/h5,8,10,13,15H,2-4,6-7,9,11-12H2,1H3. The van der Waals surface area contributed by atoms with Gasteiger partial charge in [-0.2, -0.15) is 4.31 Å². The van der Waals surface area contributed by atoms with Crippen LogP contribution in [0.2, 0.25) is 0 Å². The van der Waals surface area contributed by atoms with Crippen LogP contribution in [0.3, 0.4) is 0 Å². The Labute approximate surface area is 143 Å². The normalized spacial score (nSPS) is 17.7. The third kappa shape index (κ3) is 5.53. The van der Waals surface area contributed by atoms with Gasteiger partial charge in [0.2, 0.25) is 10.0 Å². The molecule has 0 atom stereocenters. The highest BCUT2D eigenvalue weighted by atomic mass is 32.2. The summed E-state index contributed by atoms with van der Waals surface area (Å²) in [5.74, 6) is 0.187. The average Bonchev–Trinajstić information content (AvgIpc) is 3.07. The molecule has 1 saturated carbocycles. The van der Waals surface area contributed by atoms with Gasteiger partial charge in [-0.1, -0.05) is 25.3 Å². The van der Waals surface area contributed by atoms with Gasteiger partial charge in [-0.3, -0.25) is 0 Å². The number of thiophene rings is 1. The lowest BCUT2D eigenvalue weighted by Gasteiger charge is -2.22. The first-order chi connectivity index (χ1) is 10.8. The second-order valence-electron chi connectivity index (χ2n) is 5.93. The SMILES string of the molecule is CN(CCS(=O)(=O)NCC1CCCCC1)S(=O)(=O)c1cccs1. The van der Waals surface area contributed by atoms with Crippen LogP contribution in [0.5, 0.6) is 0 Å². The van der Waals surface area contributed by atoms with E-state index in [2.05, 4.69) is 4.72 Å². The Morgan fingerprint density at radius 2 is 1.91 bits per heavy atom. The molecule has 0 aromatic carbocycles. The van der Waals surface area contributed by atoms with E-state index in [-0.39, 0.29) is 16.5 Å². The van der Waals surface area contributed by atoms with Gasteiger partial charge in [-0.25, -0.2) is 21.6 Å². The van der Waals surface area contributed by atoms with E-state index < -0.39 is 20.0 Å². The Morgan fingerprint density at radius 1 is 1.22 bits per heavy atom. The predicted molar refractivity (Wildman–Crippen MR) is 92.5 cm³/mol. The molecule has 132 valence electrons. The molecule has 1 heterocycles. The first-order valence-electron chi connectivity index (χ1n) is 7.78. The van der Waals surface area contributed by atoms with Crippen LogP contribution in [0.4, 0.5) is 0 Å². The quantitative estimate of drug-likeness (QED) is 0.746. The third-order valence-corrected chi connectivity index (χ3v) is 8.71. The smallest absolute Gasteiger partial charge is 0.215 e. The van der Waals surface area contributed by atoms with Crippen molar-refractivity contribution >= 4 is 31.4 Å². The molecule has 1 aromatic rings. The second kappa shape index (κ2) is 8.06. The zero-order chi connectivity index (χ0) is 16.9. The van der Waals surface area contributed by atoms with Gasteiger partial charge in [0.25, 0.3) is 10.0 Å². The van der Waals surface area contributed by atoms with Crippen LogP contribution >= 0.6 is 11.3 Å². The molecule has 0 spiro atoms. The number of hydrogen-bond acceptors (Lipinski definition) is 5. The fourth-order valence-electron chi connectivity index (χ4n) is 2.64. The first-order valence-corrected chi connectivity index (χ1v) is 11.8. The van der Waals surface area contributed by atoms with E-state index in [1.54, 1.807) is 11.4 Å². The molecule has 0 bridgehead atoms. The fourth-order valence-corrected chi connectivity index (χ4v) is 6.28. The number of hydrogen-bond donors (Lipinski definition) is 1. The summed E-state index contributed by atoms with van der Waals surface area (Å²) in [5, 5.41) is 1.68. The second-order valence-corrected chi connectivity index (χ2v) is 11.1. The van der Waals surface area contributed by atoms with E-state index >= 15 is 0 Å². The maximum absolute atomic E-state index is 12.2. The molecule has 0 aliphatic heterocycles. The van der Waals surface area contributed by atoms with Crippen molar-refractivity contribution in [1.82, 2.24) is 9.03 Å². The minimum Gasteiger partial charge on any atom is -0.215 e. The van der Waals surface area contributed by atoms with E-state index in [4.69, 9.17) is 0 Å². The summed E-state index contributed by atoms with van der Waals surface area (Å²) in [6.45, 7) is 0.407. The fraction of sp³-hybridized carbons (Fsp3) is 0.714. The highest BCUT2D eigenvalue weighted by molar-refractivity contribution is 7.91. The van der Waals surface area contributed by atoms with Crippen molar-refractivity contribution in [3.8, 4) is 0 Å². The molecular formula is C14H24N2O4S3. The van der Waals surface area contributed by atoms with Gasteiger partial charge in [0.15, 0.2) is 0 Å². The Hall–Kier alpha value is -0.480. The highest BCUT2D eigenvalue weighted by Crippen LogP contribution is 2.23. The van der Waals surface area contributed by atoms with Gasteiger partial charge in [-0.05, 0) is 30.2 Å². The Bertz CT molecular complexity index is 678. The topological polar surface area (TPSA) is 83.6 Å². The van der Waals surface area contributed by atoms with Gasteiger partial charge in [0.05, 0.1) is 5.75 Å². The zero-order valence-electron chi connectivity index (χ0n) is 13.3. The lowest BCUT2D eigenvalue weighted by molar-refractivity contribution is 0.357. The Balaban J connectivity index is 1.83. The minimum absolute atomic E-state index is 0.0553. The molecular weight excluding hydrogens is 356 g/mol. The summed E-state index contributed by atoms with van der Waals surface area (Å²) >= 11 is 1.13. The Morgan fingerprint density at radius 3 is 2.52 bits per heavy atom. The molecule has 0 unspecified atom stereocenters. The van der Waals surface area contributed by atoms with Gasteiger partial charge in [-0.15, -0.1) is 11.3 Å². The van der Waals surface area contributed by atoms with E-state index in [9.17, 15) is 16.8 Å². The highest BCUT2D eigenvalue weighted by Gasteiger charge is 2.24. The molecule has 1 aliphatic rings. The number of rotatable bonds is 8. The van der Waals surface area contributed by atoms with Gasteiger partial charge < -0.3 is 0 Å². The van der Waals surface area contributed by atoms with E-state index in [1.807, 2.05) is 0 Å².